The number of ketones is 3. The van der Waals surface area contributed by atoms with Crippen molar-refractivity contribution in [3.8, 4) is 17.2 Å². The van der Waals surface area contributed by atoms with Gasteiger partial charge in [-0.05, 0) is 13.8 Å². The summed E-state index contributed by atoms with van der Waals surface area (Å²) in [4.78, 5) is 38.7. The molecule has 134 valence electrons. The lowest BCUT2D eigenvalue weighted by Gasteiger charge is -2.42. The number of Topliss-reactive ketones (excluding diaryl/α,β-unsaturated/α-hetero) is 3. The Kier molecular flexibility index (Phi) is 3.87. The molecule has 0 amide bonds. The quantitative estimate of drug-likeness (QED) is 0.749. The summed E-state index contributed by atoms with van der Waals surface area (Å²) < 4.78 is 16.4. The molecule has 25 heavy (non-hydrogen) atoms. The Hall–Kier alpha value is -2.08. The molecule has 1 aromatic rings. The third kappa shape index (κ3) is 2.06. The summed E-state index contributed by atoms with van der Waals surface area (Å²) in [5.74, 6) is -1.36. The van der Waals surface area contributed by atoms with Crippen molar-refractivity contribution >= 4 is 29.0 Å². The van der Waals surface area contributed by atoms with Crippen molar-refractivity contribution in [3.63, 3.8) is 0 Å². The first-order chi connectivity index (χ1) is 11.6. The summed E-state index contributed by atoms with van der Waals surface area (Å²) in [5, 5.41) is 0.0956. The van der Waals surface area contributed by atoms with Crippen molar-refractivity contribution < 1.29 is 28.6 Å². The van der Waals surface area contributed by atoms with E-state index in [2.05, 4.69) is 0 Å². The molecule has 2 atom stereocenters. The topological polar surface area (TPSA) is 78.9 Å². The van der Waals surface area contributed by atoms with Gasteiger partial charge in [0.25, 0.3) is 0 Å². The maximum absolute atomic E-state index is 13.3. The lowest BCUT2D eigenvalue weighted by atomic mass is 9.61. The average molecular weight is 367 g/mol. The van der Waals surface area contributed by atoms with E-state index < -0.39 is 28.5 Å². The van der Waals surface area contributed by atoms with Gasteiger partial charge in [-0.3, -0.25) is 14.4 Å². The Morgan fingerprint density at radius 3 is 2.32 bits per heavy atom. The minimum Gasteiger partial charge on any atom is -0.496 e. The van der Waals surface area contributed by atoms with Crippen LogP contribution in [0.1, 0.15) is 37.6 Å². The van der Waals surface area contributed by atoms with E-state index in [9.17, 15) is 14.4 Å². The summed E-state index contributed by atoms with van der Waals surface area (Å²) in [6.45, 7) is 4.70. The van der Waals surface area contributed by atoms with Gasteiger partial charge in [0, 0.05) is 18.4 Å². The largest absolute Gasteiger partial charge is 0.496 e. The van der Waals surface area contributed by atoms with Crippen LogP contribution in [-0.2, 0) is 9.59 Å². The second kappa shape index (κ2) is 5.46. The second-order valence-corrected chi connectivity index (χ2v) is 7.33. The predicted octanol–water partition coefficient (Wildman–Crippen LogP) is 2.88. The molecule has 0 bridgehead atoms. The van der Waals surface area contributed by atoms with E-state index in [0.29, 0.717) is 0 Å². The fourth-order valence-electron chi connectivity index (χ4n) is 3.57. The molecule has 0 unspecified atom stereocenters. The highest BCUT2D eigenvalue weighted by Gasteiger charge is 2.66. The molecule has 1 aliphatic heterocycles. The molecule has 2 aliphatic rings. The van der Waals surface area contributed by atoms with E-state index >= 15 is 0 Å². The van der Waals surface area contributed by atoms with Gasteiger partial charge in [-0.25, -0.2) is 0 Å². The monoisotopic (exact) mass is 366 g/mol. The molecule has 1 saturated carbocycles. The van der Waals surface area contributed by atoms with Gasteiger partial charge in [-0.15, -0.1) is 0 Å². The number of fused-ring (bicyclic) bond motifs is 1. The van der Waals surface area contributed by atoms with Gasteiger partial charge in [-0.2, -0.15) is 0 Å². The van der Waals surface area contributed by atoms with Gasteiger partial charge in [0.1, 0.15) is 27.9 Å². The van der Waals surface area contributed by atoms with Crippen LogP contribution in [0.2, 0.25) is 5.02 Å². The number of carbonyl (C=O) groups is 3. The highest BCUT2D eigenvalue weighted by atomic mass is 35.5. The molecule has 6 nitrogen and oxygen atoms in total. The maximum Gasteiger partial charge on any atom is 0.233 e. The highest BCUT2D eigenvalue weighted by Crippen LogP contribution is 2.54. The zero-order valence-electron chi connectivity index (χ0n) is 14.7. The molecule has 0 radical (unpaired) electrons. The molecule has 0 aromatic heterocycles. The van der Waals surface area contributed by atoms with Crippen molar-refractivity contribution in [2.24, 2.45) is 11.3 Å². The van der Waals surface area contributed by atoms with E-state index in [1.807, 2.05) is 0 Å². The molecule has 1 aromatic carbocycles. The minimum absolute atomic E-state index is 0.0632. The van der Waals surface area contributed by atoms with Crippen LogP contribution in [0.15, 0.2) is 6.07 Å². The van der Waals surface area contributed by atoms with Gasteiger partial charge < -0.3 is 14.2 Å². The number of benzene rings is 1. The predicted molar refractivity (Wildman–Crippen MR) is 89.8 cm³/mol. The number of halogens is 1. The third-order valence-corrected chi connectivity index (χ3v) is 5.56. The highest BCUT2D eigenvalue weighted by molar-refractivity contribution is 6.36. The smallest absolute Gasteiger partial charge is 0.233 e. The summed E-state index contributed by atoms with van der Waals surface area (Å²) in [6.07, 6.45) is 0.0650. The van der Waals surface area contributed by atoms with E-state index in [-0.39, 0.29) is 40.0 Å². The summed E-state index contributed by atoms with van der Waals surface area (Å²) in [7, 11) is 2.83. The van der Waals surface area contributed by atoms with Gasteiger partial charge in [0.2, 0.25) is 11.4 Å². The minimum atomic E-state index is -1.77. The molecule has 0 N–H and O–H groups in total. The van der Waals surface area contributed by atoms with Crippen molar-refractivity contribution in [1.82, 2.24) is 0 Å². The second-order valence-electron chi connectivity index (χ2n) is 6.95. The van der Waals surface area contributed by atoms with Crippen LogP contribution in [0, 0.1) is 11.3 Å². The number of rotatable bonds is 2. The third-order valence-electron chi connectivity index (χ3n) is 5.21. The van der Waals surface area contributed by atoms with Crippen LogP contribution in [0.5, 0.6) is 17.2 Å². The first-order valence-electron chi connectivity index (χ1n) is 7.89. The Bertz CT molecular complexity index is 812. The molecular formula is C18H19ClO6. The molecule has 1 spiro atoms. The van der Waals surface area contributed by atoms with Gasteiger partial charge in [0.05, 0.1) is 19.6 Å². The van der Waals surface area contributed by atoms with Crippen molar-refractivity contribution in [2.75, 3.05) is 14.2 Å². The Labute approximate surface area is 150 Å². The SMILES string of the molecule is COc1cc(OC)c2c(c1Cl)O[C@]1(C2=O)C(=O)C(C)(C)C(=O)C[C@H]1C. The number of methoxy groups -OCH3 is 2. The van der Waals surface area contributed by atoms with Crippen LogP contribution in [0.3, 0.4) is 0 Å². The van der Waals surface area contributed by atoms with Gasteiger partial charge in [0.15, 0.2) is 11.5 Å². The summed E-state index contributed by atoms with van der Waals surface area (Å²) in [6, 6.07) is 1.48. The van der Waals surface area contributed by atoms with E-state index in [4.69, 9.17) is 25.8 Å². The number of ether oxygens (including phenoxy) is 3. The standard InChI is InChI=1S/C18H19ClO6/c1-8-6-11(20)17(2,3)16(22)18(8)15(21)12-9(23-4)7-10(24-5)13(19)14(12)25-18/h7-8H,6H2,1-5H3/t8-,18-/m1/s1. The Morgan fingerprint density at radius 2 is 1.76 bits per heavy atom. The first-order valence-corrected chi connectivity index (χ1v) is 8.27. The lowest BCUT2D eigenvalue weighted by Crippen LogP contribution is -2.63. The van der Waals surface area contributed by atoms with Crippen LogP contribution in [-0.4, -0.2) is 37.2 Å². The maximum atomic E-state index is 13.3. The molecule has 0 saturated heterocycles. The van der Waals surface area contributed by atoms with E-state index in [1.54, 1.807) is 6.92 Å². The Balaban J connectivity index is 2.25. The zero-order chi connectivity index (χ0) is 18.7. The van der Waals surface area contributed by atoms with Crippen LogP contribution >= 0.6 is 11.6 Å². The fourth-order valence-corrected chi connectivity index (χ4v) is 3.83. The summed E-state index contributed by atoms with van der Waals surface area (Å²) in [5.41, 5.74) is -2.98. The zero-order valence-corrected chi connectivity index (χ0v) is 15.4. The van der Waals surface area contributed by atoms with Crippen LogP contribution in [0.25, 0.3) is 0 Å². The van der Waals surface area contributed by atoms with Crippen LogP contribution in [0.4, 0.5) is 0 Å². The average Bonchev–Trinajstić information content (AvgIpc) is 2.88. The normalized spacial score (nSPS) is 27.3. The molecule has 1 fully saturated rings. The fraction of sp³-hybridized carbons (Fsp3) is 0.500. The molecule has 3 rings (SSSR count). The van der Waals surface area contributed by atoms with Crippen LogP contribution < -0.4 is 14.2 Å². The van der Waals surface area contributed by atoms with E-state index in [1.165, 1.54) is 34.1 Å². The number of carbonyl (C=O) groups excluding carboxylic acids is 3. The molecule has 7 heteroatoms. The molecule has 1 aliphatic carbocycles. The lowest BCUT2D eigenvalue weighted by molar-refractivity contribution is -0.155. The first kappa shape index (κ1) is 17.7. The van der Waals surface area contributed by atoms with Crippen molar-refractivity contribution in [2.45, 2.75) is 32.8 Å². The van der Waals surface area contributed by atoms with E-state index in [0.717, 1.165) is 0 Å². The van der Waals surface area contributed by atoms with Gasteiger partial charge >= 0.3 is 0 Å². The Morgan fingerprint density at radius 1 is 1.16 bits per heavy atom. The number of hydrogen-bond donors (Lipinski definition) is 0. The summed E-state index contributed by atoms with van der Waals surface area (Å²) >= 11 is 6.31. The van der Waals surface area contributed by atoms with Gasteiger partial charge in [-0.1, -0.05) is 18.5 Å². The molecule has 1 heterocycles. The van der Waals surface area contributed by atoms with Crippen molar-refractivity contribution in [3.05, 3.63) is 16.7 Å². The molecular weight excluding hydrogens is 348 g/mol. The van der Waals surface area contributed by atoms with Crippen molar-refractivity contribution in [1.29, 1.82) is 0 Å². The number of hydrogen-bond acceptors (Lipinski definition) is 6.